The highest BCUT2D eigenvalue weighted by Gasteiger charge is 2.32. The van der Waals surface area contributed by atoms with E-state index in [-0.39, 0.29) is 12.3 Å². The molecule has 2 heterocycles. The van der Waals surface area contributed by atoms with Crippen LogP contribution in [0, 0.1) is 0 Å². The van der Waals surface area contributed by atoms with Crippen molar-refractivity contribution in [1.29, 1.82) is 0 Å². The van der Waals surface area contributed by atoms with E-state index in [0.29, 0.717) is 0 Å². The third-order valence-electron chi connectivity index (χ3n) is 2.68. The van der Waals surface area contributed by atoms with Gasteiger partial charge < -0.3 is 10.1 Å². The molecule has 2 atom stereocenters. The molecule has 0 amide bonds. The van der Waals surface area contributed by atoms with Gasteiger partial charge in [-0.15, -0.1) is 5.06 Å². The van der Waals surface area contributed by atoms with Gasteiger partial charge in [-0.25, -0.2) is 9.97 Å². The van der Waals surface area contributed by atoms with Crippen molar-refractivity contribution in [2.75, 3.05) is 27.3 Å². The summed E-state index contributed by atoms with van der Waals surface area (Å²) in [6.45, 7) is 1.52. The zero-order valence-corrected chi connectivity index (χ0v) is 9.46. The second-order valence-corrected chi connectivity index (χ2v) is 3.54. The molecule has 1 aromatic heterocycles. The van der Waals surface area contributed by atoms with Crippen LogP contribution in [0.1, 0.15) is 11.7 Å². The monoisotopic (exact) mass is 224 g/mol. The quantitative estimate of drug-likeness (QED) is 0.777. The average molecular weight is 224 g/mol. The lowest BCUT2D eigenvalue weighted by Gasteiger charge is -2.38. The Morgan fingerprint density at radius 2 is 2.31 bits per heavy atom. The maximum atomic E-state index is 5.37. The molecule has 0 aromatic carbocycles. The van der Waals surface area contributed by atoms with Crippen LogP contribution < -0.4 is 5.32 Å². The lowest BCUT2D eigenvalue weighted by atomic mass is 10.1. The summed E-state index contributed by atoms with van der Waals surface area (Å²) < 4.78 is 5.34. The summed E-state index contributed by atoms with van der Waals surface area (Å²) in [6, 6.07) is 1.93. The number of rotatable bonds is 3. The lowest BCUT2D eigenvalue weighted by molar-refractivity contribution is -0.263. The minimum Gasteiger partial charge on any atom is -0.363 e. The Hall–Kier alpha value is -1.08. The molecule has 1 aromatic rings. The smallest absolute Gasteiger partial charge is 0.145 e. The molecule has 1 saturated heterocycles. The van der Waals surface area contributed by atoms with Gasteiger partial charge >= 0.3 is 0 Å². The molecule has 1 N–H and O–H groups in total. The van der Waals surface area contributed by atoms with Gasteiger partial charge in [0.1, 0.15) is 12.6 Å². The molecule has 2 rings (SSSR count). The van der Waals surface area contributed by atoms with Gasteiger partial charge in [-0.2, -0.15) is 0 Å². The van der Waals surface area contributed by atoms with Gasteiger partial charge in [0.25, 0.3) is 0 Å². The van der Waals surface area contributed by atoms with Gasteiger partial charge in [-0.3, -0.25) is 4.84 Å². The summed E-state index contributed by atoms with van der Waals surface area (Å²) in [7, 11) is 3.31. The van der Waals surface area contributed by atoms with Crippen LogP contribution in [0.4, 0.5) is 0 Å². The molecule has 1 aliphatic heterocycles. The highest BCUT2D eigenvalue weighted by atomic mass is 16.7. The predicted octanol–water partition coefficient (Wildman–Crippen LogP) is -0.0432. The average Bonchev–Trinajstić information content (AvgIpc) is 2.38. The number of hydrogen-bond acceptors (Lipinski definition) is 6. The third-order valence-corrected chi connectivity index (χ3v) is 2.68. The van der Waals surface area contributed by atoms with Crippen molar-refractivity contribution >= 4 is 0 Å². The standard InChI is InChI=1S/C10H16N4O2/c1-15-10-6-12-5-9(14(10)16-2)8-3-4-11-7-13-8/h3-4,7,9-10,12H,5-6H2,1-2H3. The summed E-state index contributed by atoms with van der Waals surface area (Å²) >= 11 is 0. The summed E-state index contributed by atoms with van der Waals surface area (Å²) in [6.07, 6.45) is 3.17. The van der Waals surface area contributed by atoms with Gasteiger partial charge in [0.05, 0.1) is 18.8 Å². The fourth-order valence-electron chi connectivity index (χ4n) is 1.89. The van der Waals surface area contributed by atoms with Crippen molar-refractivity contribution in [3.63, 3.8) is 0 Å². The van der Waals surface area contributed by atoms with Crippen LogP contribution >= 0.6 is 0 Å². The summed E-state index contributed by atoms with van der Waals surface area (Å²) in [5.41, 5.74) is 0.922. The van der Waals surface area contributed by atoms with Crippen LogP contribution in [-0.4, -0.2) is 48.6 Å². The Morgan fingerprint density at radius 1 is 1.44 bits per heavy atom. The van der Waals surface area contributed by atoms with E-state index in [9.17, 15) is 0 Å². The minimum absolute atomic E-state index is 0.0479. The summed E-state index contributed by atoms with van der Waals surface area (Å²) in [4.78, 5) is 13.5. The van der Waals surface area contributed by atoms with Crippen molar-refractivity contribution in [2.24, 2.45) is 0 Å². The predicted molar refractivity (Wildman–Crippen MR) is 57.3 cm³/mol. The Morgan fingerprint density at radius 3 is 2.94 bits per heavy atom. The topological polar surface area (TPSA) is 59.5 Å². The van der Waals surface area contributed by atoms with Gasteiger partial charge in [0, 0.05) is 26.4 Å². The molecule has 1 fully saturated rings. The van der Waals surface area contributed by atoms with E-state index in [0.717, 1.165) is 18.8 Å². The Labute approximate surface area is 94.5 Å². The first-order chi connectivity index (χ1) is 7.86. The van der Waals surface area contributed by atoms with Crippen LogP contribution in [0.5, 0.6) is 0 Å². The van der Waals surface area contributed by atoms with Crippen LogP contribution in [0.25, 0.3) is 0 Å². The first-order valence-corrected chi connectivity index (χ1v) is 5.18. The van der Waals surface area contributed by atoms with Crippen molar-refractivity contribution in [2.45, 2.75) is 12.3 Å². The number of nitrogens with zero attached hydrogens (tertiary/aromatic N) is 3. The number of ether oxygens (including phenoxy) is 1. The van der Waals surface area contributed by atoms with Gasteiger partial charge in [-0.1, -0.05) is 0 Å². The normalized spacial score (nSPS) is 26.9. The number of hydrogen-bond donors (Lipinski definition) is 1. The molecule has 0 spiro atoms. The molecule has 0 saturated carbocycles. The lowest BCUT2D eigenvalue weighted by Crippen LogP contribution is -2.53. The second kappa shape index (κ2) is 5.31. The van der Waals surface area contributed by atoms with Crippen LogP contribution in [-0.2, 0) is 9.57 Å². The second-order valence-electron chi connectivity index (χ2n) is 3.54. The molecule has 16 heavy (non-hydrogen) atoms. The summed E-state index contributed by atoms with van der Waals surface area (Å²) in [5, 5.41) is 5.11. The fraction of sp³-hybridized carbons (Fsp3) is 0.600. The highest BCUT2D eigenvalue weighted by molar-refractivity contribution is 5.06. The van der Waals surface area contributed by atoms with Crippen molar-refractivity contribution in [1.82, 2.24) is 20.3 Å². The van der Waals surface area contributed by atoms with E-state index < -0.39 is 0 Å². The SMILES string of the molecule is COC1CNCC(c2ccncn2)N1OC. The molecule has 6 nitrogen and oxygen atoms in total. The van der Waals surface area contributed by atoms with Crippen LogP contribution in [0.2, 0.25) is 0 Å². The Balaban J connectivity index is 2.19. The highest BCUT2D eigenvalue weighted by Crippen LogP contribution is 2.23. The van der Waals surface area contributed by atoms with E-state index in [2.05, 4.69) is 15.3 Å². The fourth-order valence-corrected chi connectivity index (χ4v) is 1.89. The maximum Gasteiger partial charge on any atom is 0.145 e. The third kappa shape index (κ3) is 2.19. The Bertz CT molecular complexity index is 322. The van der Waals surface area contributed by atoms with Crippen molar-refractivity contribution < 1.29 is 9.57 Å². The van der Waals surface area contributed by atoms with E-state index in [1.165, 1.54) is 0 Å². The van der Waals surface area contributed by atoms with Crippen LogP contribution in [0.3, 0.4) is 0 Å². The minimum atomic E-state index is -0.0984. The number of aromatic nitrogens is 2. The first kappa shape index (κ1) is 11.4. The zero-order valence-electron chi connectivity index (χ0n) is 9.46. The van der Waals surface area contributed by atoms with E-state index in [1.54, 1.807) is 26.7 Å². The number of piperazine rings is 1. The molecule has 0 aliphatic carbocycles. The largest absolute Gasteiger partial charge is 0.363 e. The van der Waals surface area contributed by atoms with Gasteiger partial charge in [0.2, 0.25) is 0 Å². The maximum absolute atomic E-state index is 5.37. The van der Waals surface area contributed by atoms with Crippen molar-refractivity contribution in [3.05, 3.63) is 24.3 Å². The molecule has 88 valence electrons. The molecular formula is C10H16N4O2. The molecule has 1 aliphatic rings. The van der Waals surface area contributed by atoms with Crippen LogP contribution in [0.15, 0.2) is 18.6 Å². The Kier molecular flexibility index (Phi) is 3.79. The zero-order chi connectivity index (χ0) is 11.4. The molecule has 0 bridgehead atoms. The number of hydroxylamine groups is 2. The summed E-state index contributed by atoms with van der Waals surface area (Å²) in [5.74, 6) is 0. The molecular weight excluding hydrogens is 208 g/mol. The van der Waals surface area contributed by atoms with E-state index >= 15 is 0 Å². The first-order valence-electron chi connectivity index (χ1n) is 5.18. The van der Waals surface area contributed by atoms with E-state index in [1.807, 2.05) is 11.1 Å². The van der Waals surface area contributed by atoms with Crippen molar-refractivity contribution in [3.8, 4) is 0 Å². The number of nitrogens with one attached hydrogen (secondary N) is 1. The van der Waals surface area contributed by atoms with E-state index in [4.69, 9.17) is 9.57 Å². The molecule has 6 heteroatoms. The molecule has 0 radical (unpaired) electrons. The van der Waals surface area contributed by atoms with Gasteiger partial charge in [-0.05, 0) is 6.07 Å². The number of methoxy groups -OCH3 is 1. The van der Waals surface area contributed by atoms with Gasteiger partial charge in [0.15, 0.2) is 0 Å². The molecule has 2 unspecified atom stereocenters.